The van der Waals surface area contributed by atoms with Gasteiger partial charge in [-0.1, -0.05) is 18.2 Å². The molecule has 1 aromatic heterocycles. The molecule has 1 atom stereocenters. The highest BCUT2D eigenvalue weighted by Gasteiger charge is 2.33. The molecule has 1 amide bonds. The van der Waals surface area contributed by atoms with Gasteiger partial charge >= 0.3 is 5.97 Å². The lowest BCUT2D eigenvalue weighted by atomic mass is 9.97. The Morgan fingerprint density at radius 1 is 1.31 bits per heavy atom. The molecule has 0 aliphatic carbocycles. The minimum atomic E-state index is -2.89. The van der Waals surface area contributed by atoms with Crippen LogP contribution < -0.4 is 0 Å². The predicted molar refractivity (Wildman–Crippen MR) is 89.5 cm³/mol. The molecule has 3 rings (SSSR count). The maximum absolute atomic E-state index is 13.7. The number of benzene rings is 1. The topological polar surface area (TPSA) is 75.4 Å². The van der Waals surface area contributed by atoms with E-state index in [4.69, 9.17) is 5.11 Å². The van der Waals surface area contributed by atoms with Gasteiger partial charge in [-0.25, -0.2) is 13.5 Å². The molecule has 8 heteroatoms. The van der Waals surface area contributed by atoms with Crippen molar-refractivity contribution in [3.05, 3.63) is 47.3 Å². The van der Waals surface area contributed by atoms with E-state index in [0.29, 0.717) is 25.1 Å². The number of rotatable bonds is 4. The highest BCUT2D eigenvalue weighted by Crippen LogP contribution is 2.29. The van der Waals surface area contributed by atoms with Crippen LogP contribution in [0.1, 0.15) is 40.9 Å². The van der Waals surface area contributed by atoms with Crippen LogP contribution in [0.2, 0.25) is 0 Å². The average Bonchev–Trinajstić information content (AvgIpc) is 3.06. The fraction of sp³-hybridized carbons (Fsp3) is 0.389. The smallest absolute Gasteiger partial charge is 0.308 e. The molecular formula is C18H19F2N3O3. The third kappa shape index (κ3) is 3.31. The van der Waals surface area contributed by atoms with E-state index in [9.17, 15) is 18.4 Å². The number of aliphatic carboxylic acids is 1. The summed E-state index contributed by atoms with van der Waals surface area (Å²) >= 11 is 0. The second-order valence-electron chi connectivity index (χ2n) is 6.37. The number of carbonyl (C=O) groups is 2. The van der Waals surface area contributed by atoms with E-state index >= 15 is 0 Å². The van der Waals surface area contributed by atoms with Gasteiger partial charge in [0.25, 0.3) is 12.3 Å². The van der Waals surface area contributed by atoms with Crippen LogP contribution >= 0.6 is 0 Å². The van der Waals surface area contributed by atoms with E-state index in [1.165, 1.54) is 4.90 Å². The Morgan fingerprint density at radius 3 is 2.69 bits per heavy atom. The molecule has 1 aromatic carbocycles. The fourth-order valence-electron chi connectivity index (χ4n) is 3.26. The van der Waals surface area contributed by atoms with Crippen LogP contribution in [-0.2, 0) is 4.79 Å². The molecule has 1 aliphatic rings. The number of piperidine rings is 1. The lowest BCUT2D eigenvalue weighted by Crippen LogP contribution is -2.42. The van der Waals surface area contributed by atoms with Crippen molar-refractivity contribution in [3.8, 4) is 5.69 Å². The molecule has 1 N–H and O–H groups in total. The molecule has 1 saturated heterocycles. The Bertz CT molecular complexity index is 835. The number of nitrogens with zero attached hydrogens (tertiary/aromatic N) is 3. The Kier molecular flexibility index (Phi) is 5.01. The maximum Gasteiger partial charge on any atom is 0.308 e. The first-order valence-corrected chi connectivity index (χ1v) is 8.34. The molecule has 0 saturated carbocycles. The summed E-state index contributed by atoms with van der Waals surface area (Å²) in [4.78, 5) is 25.3. The lowest BCUT2D eigenvalue weighted by Gasteiger charge is -2.30. The molecule has 6 nitrogen and oxygen atoms in total. The first-order valence-electron chi connectivity index (χ1n) is 8.34. The van der Waals surface area contributed by atoms with E-state index < -0.39 is 29.9 Å². The molecule has 138 valence electrons. The Morgan fingerprint density at radius 2 is 2.04 bits per heavy atom. The Labute approximate surface area is 149 Å². The summed E-state index contributed by atoms with van der Waals surface area (Å²) in [6.07, 6.45) is -0.751. The summed E-state index contributed by atoms with van der Waals surface area (Å²) in [5, 5.41) is 13.2. The SMILES string of the molecule is Cc1ccccc1-n1ncc(C(=O)N2CCCC(C(=O)O)C2)c1C(F)F. The van der Waals surface area contributed by atoms with Crippen LogP contribution in [0, 0.1) is 12.8 Å². The van der Waals surface area contributed by atoms with Crippen molar-refractivity contribution < 1.29 is 23.5 Å². The van der Waals surface area contributed by atoms with Crippen LogP contribution in [-0.4, -0.2) is 44.8 Å². The predicted octanol–water partition coefficient (Wildman–Crippen LogP) is 3.06. The van der Waals surface area contributed by atoms with Gasteiger partial charge in [0.1, 0.15) is 5.69 Å². The number of amides is 1. The average molecular weight is 363 g/mol. The number of alkyl halides is 2. The van der Waals surface area contributed by atoms with Crippen molar-refractivity contribution in [1.29, 1.82) is 0 Å². The van der Waals surface area contributed by atoms with Crippen molar-refractivity contribution in [2.75, 3.05) is 13.1 Å². The summed E-state index contributed by atoms with van der Waals surface area (Å²) in [6.45, 7) is 2.14. The number of hydrogen-bond donors (Lipinski definition) is 1. The van der Waals surface area contributed by atoms with E-state index in [2.05, 4.69) is 5.10 Å². The zero-order chi connectivity index (χ0) is 18.8. The van der Waals surface area contributed by atoms with Gasteiger partial charge in [-0.15, -0.1) is 0 Å². The molecule has 0 spiro atoms. The number of hydrogen-bond acceptors (Lipinski definition) is 3. The van der Waals surface area contributed by atoms with Gasteiger partial charge < -0.3 is 10.0 Å². The van der Waals surface area contributed by atoms with Gasteiger partial charge in [0.2, 0.25) is 0 Å². The summed E-state index contributed by atoms with van der Waals surface area (Å²) in [7, 11) is 0. The number of carboxylic acid groups (broad SMARTS) is 1. The normalized spacial score (nSPS) is 17.5. The quantitative estimate of drug-likeness (QED) is 0.906. The Hall–Kier alpha value is -2.77. The van der Waals surface area contributed by atoms with Crippen LogP contribution in [0.4, 0.5) is 8.78 Å². The number of halogens is 2. The second-order valence-corrected chi connectivity index (χ2v) is 6.37. The minimum Gasteiger partial charge on any atom is -0.481 e. The molecule has 2 aromatic rings. The molecule has 0 radical (unpaired) electrons. The zero-order valence-electron chi connectivity index (χ0n) is 14.2. The molecule has 1 unspecified atom stereocenters. The van der Waals surface area contributed by atoms with Gasteiger partial charge in [-0.2, -0.15) is 5.10 Å². The van der Waals surface area contributed by atoms with E-state index in [-0.39, 0.29) is 12.1 Å². The van der Waals surface area contributed by atoms with Gasteiger partial charge in [0.15, 0.2) is 0 Å². The van der Waals surface area contributed by atoms with Gasteiger partial charge in [0, 0.05) is 13.1 Å². The van der Waals surface area contributed by atoms with Crippen molar-refractivity contribution in [3.63, 3.8) is 0 Å². The molecule has 26 heavy (non-hydrogen) atoms. The first-order chi connectivity index (χ1) is 12.4. The molecule has 1 fully saturated rings. The molecule has 1 aliphatic heterocycles. The summed E-state index contributed by atoms with van der Waals surface area (Å²) < 4.78 is 28.6. The monoisotopic (exact) mass is 363 g/mol. The number of para-hydroxylation sites is 1. The van der Waals surface area contributed by atoms with Gasteiger partial charge in [-0.05, 0) is 31.4 Å². The maximum atomic E-state index is 13.7. The summed E-state index contributed by atoms with van der Waals surface area (Å²) in [6, 6.07) is 6.93. The third-order valence-corrected chi connectivity index (χ3v) is 4.65. The third-order valence-electron chi connectivity index (χ3n) is 4.65. The largest absolute Gasteiger partial charge is 0.481 e. The lowest BCUT2D eigenvalue weighted by molar-refractivity contribution is -0.143. The van der Waals surface area contributed by atoms with Crippen LogP contribution in [0.3, 0.4) is 0 Å². The van der Waals surface area contributed by atoms with Gasteiger partial charge in [-0.3, -0.25) is 9.59 Å². The standard InChI is InChI=1S/C18H19F2N3O3/c1-11-5-2-3-7-14(11)23-15(16(19)20)13(9-21-23)17(24)22-8-4-6-12(10-22)18(25)26/h2-3,5,7,9,12,16H,4,6,8,10H2,1H3,(H,25,26). The van der Waals surface area contributed by atoms with E-state index in [1.807, 2.05) is 0 Å². The van der Waals surface area contributed by atoms with Gasteiger partial charge in [0.05, 0.1) is 23.4 Å². The fourth-order valence-corrected chi connectivity index (χ4v) is 3.26. The van der Waals surface area contributed by atoms with Crippen molar-refractivity contribution in [1.82, 2.24) is 14.7 Å². The van der Waals surface area contributed by atoms with Crippen LogP contribution in [0.25, 0.3) is 5.69 Å². The van der Waals surface area contributed by atoms with Crippen molar-refractivity contribution in [2.24, 2.45) is 5.92 Å². The molecule has 2 heterocycles. The number of likely N-dealkylation sites (tertiary alicyclic amines) is 1. The summed E-state index contributed by atoms with van der Waals surface area (Å²) in [5.41, 5.74) is 0.570. The number of aryl methyl sites for hydroxylation is 1. The molecule has 0 bridgehead atoms. The van der Waals surface area contributed by atoms with Crippen LogP contribution in [0.15, 0.2) is 30.5 Å². The number of aromatic nitrogens is 2. The number of carboxylic acids is 1. The number of carbonyl (C=O) groups excluding carboxylic acids is 1. The van der Waals surface area contributed by atoms with Crippen molar-refractivity contribution >= 4 is 11.9 Å². The summed E-state index contributed by atoms with van der Waals surface area (Å²) in [5.74, 6) is -2.26. The highest BCUT2D eigenvalue weighted by atomic mass is 19.3. The van der Waals surface area contributed by atoms with Crippen molar-refractivity contribution in [2.45, 2.75) is 26.2 Å². The Balaban J connectivity index is 1.97. The van der Waals surface area contributed by atoms with E-state index in [0.717, 1.165) is 16.4 Å². The minimum absolute atomic E-state index is 0.0202. The van der Waals surface area contributed by atoms with E-state index in [1.54, 1.807) is 31.2 Å². The second kappa shape index (κ2) is 7.23. The van der Waals surface area contributed by atoms with Crippen LogP contribution in [0.5, 0.6) is 0 Å². The first kappa shape index (κ1) is 18.0. The molecular weight excluding hydrogens is 344 g/mol. The zero-order valence-corrected chi connectivity index (χ0v) is 14.2. The highest BCUT2D eigenvalue weighted by molar-refractivity contribution is 5.95.